The minimum Gasteiger partial charge on any atom is -0.0805 e. The van der Waals surface area contributed by atoms with Crippen LogP contribution < -0.4 is 0 Å². The van der Waals surface area contributed by atoms with Gasteiger partial charge in [-0.25, -0.2) is 0 Å². The van der Waals surface area contributed by atoms with Crippen molar-refractivity contribution in [3.05, 3.63) is 24.3 Å². The van der Waals surface area contributed by atoms with Crippen LogP contribution in [0.1, 0.15) is 66.2 Å². The molecule has 2 saturated carbocycles. The molecule has 0 N–H and O–H groups in total. The van der Waals surface area contributed by atoms with E-state index in [9.17, 15) is 0 Å². The molecule has 3 aliphatic carbocycles. The second-order valence-corrected chi connectivity index (χ2v) is 6.44. The van der Waals surface area contributed by atoms with E-state index < -0.39 is 0 Å². The van der Waals surface area contributed by atoms with Crippen LogP contribution in [0.4, 0.5) is 0 Å². The van der Waals surface area contributed by atoms with E-state index in [0.717, 1.165) is 23.7 Å². The lowest BCUT2D eigenvalue weighted by Crippen LogP contribution is -2.34. The molecular weight excluding hydrogens is 228 g/mol. The Balaban J connectivity index is 0.000000637. The molecule has 0 saturated heterocycles. The van der Waals surface area contributed by atoms with Crippen molar-refractivity contribution in [1.82, 2.24) is 0 Å². The summed E-state index contributed by atoms with van der Waals surface area (Å²) in [5.41, 5.74) is 0.600. The van der Waals surface area contributed by atoms with Crippen LogP contribution in [-0.4, -0.2) is 0 Å². The molecule has 0 spiro atoms. The third-order valence-corrected chi connectivity index (χ3v) is 5.86. The van der Waals surface area contributed by atoms with Gasteiger partial charge in [0.25, 0.3) is 0 Å². The van der Waals surface area contributed by atoms with Crippen LogP contribution in [0.2, 0.25) is 0 Å². The topological polar surface area (TPSA) is 0 Å². The van der Waals surface area contributed by atoms with Crippen LogP contribution in [0, 0.1) is 29.1 Å². The van der Waals surface area contributed by atoms with Gasteiger partial charge in [-0.2, -0.15) is 0 Å². The first-order valence-electron chi connectivity index (χ1n) is 8.68. The summed E-state index contributed by atoms with van der Waals surface area (Å²) in [5.74, 6) is 3.88. The third-order valence-electron chi connectivity index (χ3n) is 5.86. The van der Waals surface area contributed by atoms with Crippen LogP contribution >= 0.6 is 0 Å². The minimum atomic E-state index is 0.600. The van der Waals surface area contributed by atoms with Crippen molar-refractivity contribution in [1.29, 1.82) is 0 Å². The van der Waals surface area contributed by atoms with Gasteiger partial charge in [0.15, 0.2) is 0 Å². The lowest BCUT2D eigenvalue weighted by atomic mass is 9.63. The molecule has 3 rings (SSSR count). The summed E-state index contributed by atoms with van der Waals surface area (Å²) >= 11 is 0. The van der Waals surface area contributed by atoms with Gasteiger partial charge in [0, 0.05) is 0 Å². The minimum absolute atomic E-state index is 0.600. The number of allylic oxidation sites excluding steroid dienone is 4. The van der Waals surface area contributed by atoms with Gasteiger partial charge in [0.05, 0.1) is 0 Å². The molecule has 2 fully saturated rings. The van der Waals surface area contributed by atoms with Crippen molar-refractivity contribution in [3.8, 4) is 0 Å². The first-order valence-corrected chi connectivity index (χ1v) is 8.68. The summed E-state index contributed by atoms with van der Waals surface area (Å²) in [7, 11) is 0. The van der Waals surface area contributed by atoms with Crippen molar-refractivity contribution in [2.45, 2.75) is 66.2 Å². The highest BCUT2D eigenvalue weighted by Crippen LogP contribution is 2.66. The normalized spacial score (nSPS) is 43.2. The number of hydrogen-bond donors (Lipinski definition) is 0. The molecule has 5 atom stereocenters. The highest BCUT2D eigenvalue weighted by molar-refractivity contribution is 5.31. The fraction of sp³-hybridized carbons (Fsp3) is 0.789. The van der Waals surface area contributed by atoms with E-state index in [4.69, 9.17) is 0 Å². The van der Waals surface area contributed by atoms with E-state index in [1.165, 1.54) is 38.5 Å². The molecule has 0 aromatic rings. The molecule has 0 heterocycles. The first kappa shape index (κ1) is 14.9. The van der Waals surface area contributed by atoms with Crippen molar-refractivity contribution < 1.29 is 0 Å². The van der Waals surface area contributed by atoms with E-state index in [-0.39, 0.29) is 0 Å². The predicted octanol–water partition coefficient (Wildman–Crippen LogP) is 6.00. The highest BCUT2D eigenvalue weighted by Gasteiger charge is 2.58. The lowest BCUT2D eigenvalue weighted by molar-refractivity contribution is 0.0958. The van der Waals surface area contributed by atoms with Crippen molar-refractivity contribution in [2.24, 2.45) is 29.1 Å². The Labute approximate surface area is 120 Å². The Bertz CT molecular complexity index is 338. The maximum atomic E-state index is 2.56. The van der Waals surface area contributed by atoms with E-state index in [1.807, 2.05) is 13.8 Å². The lowest BCUT2D eigenvalue weighted by Gasteiger charge is -2.42. The van der Waals surface area contributed by atoms with Gasteiger partial charge in [-0.15, -0.1) is 0 Å². The smallest absolute Gasteiger partial charge is 0.00151 e. The Hall–Kier alpha value is -0.520. The average Bonchev–Trinajstić information content (AvgIpc) is 3.24. The summed E-state index contributed by atoms with van der Waals surface area (Å²) in [5, 5.41) is 0. The molecular formula is C19H32. The summed E-state index contributed by atoms with van der Waals surface area (Å²) in [4.78, 5) is 0. The molecule has 3 aliphatic rings. The number of fused-ring (bicyclic) bond motifs is 1. The second kappa shape index (κ2) is 6.29. The van der Waals surface area contributed by atoms with E-state index in [2.05, 4.69) is 38.2 Å². The quantitative estimate of drug-likeness (QED) is 0.584. The van der Waals surface area contributed by atoms with E-state index in [1.54, 1.807) is 0 Å². The largest absolute Gasteiger partial charge is 0.0805 e. The molecule has 0 bridgehead atoms. The maximum Gasteiger partial charge on any atom is -0.00151 e. The fourth-order valence-electron chi connectivity index (χ4n) is 4.89. The fourth-order valence-corrected chi connectivity index (χ4v) is 4.89. The Kier molecular flexibility index (Phi) is 4.92. The number of rotatable bonds is 3. The Morgan fingerprint density at radius 2 is 1.84 bits per heavy atom. The van der Waals surface area contributed by atoms with E-state index in [0.29, 0.717) is 5.41 Å². The number of hydrogen-bond acceptors (Lipinski definition) is 0. The second-order valence-electron chi connectivity index (χ2n) is 6.44. The predicted molar refractivity (Wildman–Crippen MR) is 85.1 cm³/mol. The van der Waals surface area contributed by atoms with Crippen LogP contribution in [0.15, 0.2) is 24.3 Å². The molecule has 0 aliphatic heterocycles. The highest BCUT2D eigenvalue weighted by atomic mass is 14.6. The average molecular weight is 260 g/mol. The standard InChI is InChI=1S/C17H26.C2H6/c1-3-13-8-7-10-16(15(13)4-2)17-11-6-5-9-14(17)12-17;1-2/h5-6,9,11,13-16H,3-4,7-8,10,12H2,1-2H3;1-2H3/t13-,14?,15?,16+,17?;/m0./s1. The van der Waals surface area contributed by atoms with Crippen molar-refractivity contribution >= 4 is 0 Å². The van der Waals surface area contributed by atoms with Gasteiger partial charge >= 0.3 is 0 Å². The Morgan fingerprint density at radius 3 is 2.47 bits per heavy atom. The molecule has 0 amide bonds. The molecule has 108 valence electrons. The van der Waals surface area contributed by atoms with Gasteiger partial charge in [-0.3, -0.25) is 0 Å². The van der Waals surface area contributed by atoms with Crippen molar-refractivity contribution in [2.75, 3.05) is 0 Å². The van der Waals surface area contributed by atoms with Crippen LogP contribution in [0.3, 0.4) is 0 Å². The van der Waals surface area contributed by atoms with Gasteiger partial charge in [-0.05, 0) is 41.9 Å². The van der Waals surface area contributed by atoms with Gasteiger partial charge < -0.3 is 0 Å². The summed E-state index contributed by atoms with van der Waals surface area (Å²) < 4.78 is 0. The zero-order valence-corrected chi connectivity index (χ0v) is 13.4. The van der Waals surface area contributed by atoms with Crippen molar-refractivity contribution in [3.63, 3.8) is 0 Å². The van der Waals surface area contributed by atoms with Crippen LogP contribution in [0.5, 0.6) is 0 Å². The maximum absolute atomic E-state index is 2.56. The Morgan fingerprint density at radius 1 is 1.05 bits per heavy atom. The van der Waals surface area contributed by atoms with Gasteiger partial charge in [0.1, 0.15) is 0 Å². The molecule has 0 aromatic carbocycles. The third kappa shape index (κ3) is 2.56. The van der Waals surface area contributed by atoms with Crippen LogP contribution in [-0.2, 0) is 0 Å². The zero-order chi connectivity index (χ0) is 13.9. The summed E-state index contributed by atoms with van der Waals surface area (Å²) in [6.07, 6.45) is 18.3. The van der Waals surface area contributed by atoms with Gasteiger partial charge in [0.2, 0.25) is 0 Å². The first-order chi connectivity index (χ1) is 9.31. The molecule has 3 unspecified atom stereocenters. The monoisotopic (exact) mass is 260 g/mol. The zero-order valence-electron chi connectivity index (χ0n) is 13.4. The van der Waals surface area contributed by atoms with E-state index >= 15 is 0 Å². The molecule has 0 nitrogen and oxygen atoms in total. The summed E-state index contributed by atoms with van der Waals surface area (Å²) in [6.45, 7) is 8.82. The molecule has 0 aromatic heterocycles. The summed E-state index contributed by atoms with van der Waals surface area (Å²) in [6, 6.07) is 0. The molecule has 0 heteroatoms. The van der Waals surface area contributed by atoms with Gasteiger partial charge in [-0.1, -0.05) is 77.7 Å². The SMILES string of the molecule is CC.CCC1[C@@H](CC)CCC[C@H]1C12C=CC=CC1C2. The molecule has 0 radical (unpaired) electrons. The van der Waals surface area contributed by atoms with Crippen LogP contribution in [0.25, 0.3) is 0 Å². The molecule has 19 heavy (non-hydrogen) atoms.